The van der Waals surface area contributed by atoms with Gasteiger partial charge >= 0.3 is 0 Å². The van der Waals surface area contributed by atoms with Gasteiger partial charge in [-0.2, -0.15) is 0 Å². The normalized spacial score (nSPS) is 12.5. The van der Waals surface area contributed by atoms with Crippen molar-refractivity contribution in [2.45, 2.75) is 19.8 Å². The minimum Gasteiger partial charge on any atom is -0.496 e. The second-order valence-electron chi connectivity index (χ2n) is 6.35. The molecule has 2 aromatic carbocycles. The van der Waals surface area contributed by atoms with Crippen LogP contribution in [0.5, 0.6) is 17.2 Å². The first-order valence-corrected chi connectivity index (χ1v) is 9.32. The third-order valence-corrected chi connectivity index (χ3v) is 5.05. The number of aromatic nitrogens is 1. The summed E-state index contributed by atoms with van der Waals surface area (Å²) in [6.45, 7) is 4.63. The second-order valence-corrected chi connectivity index (χ2v) is 7.20. The average Bonchev–Trinajstić information content (AvgIpc) is 3.30. The van der Waals surface area contributed by atoms with E-state index >= 15 is 0 Å². The third-order valence-electron chi connectivity index (χ3n) is 4.29. The Kier molecular flexibility index (Phi) is 4.42. The molecule has 0 amide bonds. The molecule has 1 N–H and O–H groups in total. The molecule has 0 radical (unpaired) electrons. The number of hydrogen-bond acceptors (Lipinski definition) is 6. The van der Waals surface area contributed by atoms with Crippen LogP contribution in [0.2, 0.25) is 0 Å². The van der Waals surface area contributed by atoms with E-state index in [1.807, 2.05) is 29.6 Å². The Morgan fingerprint density at radius 2 is 1.96 bits per heavy atom. The van der Waals surface area contributed by atoms with Crippen LogP contribution in [0.15, 0.2) is 41.8 Å². The Hall–Kier alpha value is -2.73. The van der Waals surface area contributed by atoms with E-state index in [1.54, 1.807) is 18.4 Å². The molecule has 1 aliphatic rings. The van der Waals surface area contributed by atoms with Gasteiger partial charge in [0.05, 0.1) is 12.8 Å². The molecular weight excluding hydrogens is 348 g/mol. The van der Waals surface area contributed by atoms with Crippen LogP contribution in [0.4, 0.5) is 10.8 Å². The van der Waals surface area contributed by atoms with E-state index in [1.165, 1.54) is 5.56 Å². The number of rotatable bonds is 5. The molecule has 0 bridgehead atoms. The van der Waals surface area contributed by atoms with Crippen LogP contribution in [0.25, 0.3) is 11.3 Å². The van der Waals surface area contributed by atoms with Gasteiger partial charge in [-0.15, -0.1) is 11.3 Å². The van der Waals surface area contributed by atoms with Crippen LogP contribution in [0.3, 0.4) is 0 Å². The average molecular weight is 368 g/mol. The molecule has 26 heavy (non-hydrogen) atoms. The summed E-state index contributed by atoms with van der Waals surface area (Å²) in [7, 11) is 1.69. The lowest BCUT2D eigenvalue weighted by Gasteiger charge is -2.11. The Bertz CT molecular complexity index is 937. The molecule has 1 aliphatic heterocycles. The van der Waals surface area contributed by atoms with Crippen LogP contribution >= 0.6 is 11.3 Å². The van der Waals surface area contributed by atoms with Gasteiger partial charge in [-0.1, -0.05) is 19.9 Å². The Morgan fingerprint density at radius 1 is 1.12 bits per heavy atom. The summed E-state index contributed by atoms with van der Waals surface area (Å²) < 4.78 is 16.3. The van der Waals surface area contributed by atoms with Gasteiger partial charge < -0.3 is 19.5 Å². The maximum absolute atomic E-state index is 5.53. The van der Waals surface area contributed by atoms with Gasteiger partial charge in [0.25, 0.3) is 0 Å². The molecule has 5 nitrogen and oxygen atoms in total. The molecule has 4 rings (SSSR count). The first-order valence-electron chi connectivity index (χ1n) is 8.44. The standard InChI is InChI=1S/C20H20N2O3S/c1-12(2)13-4-6-17(23-3)15(8-13)16-10-26-20(22-16)21-14-5-7-18-19(9-14)25-11-24-18/h4-10,12H,11H2,1-3H3,(H,21,22). The summed E-state index contributed by atoms with van der Waals surface area (Å²) in [5.74, 6) is 2.79. The van der Waals surface area contributed by atoms with Gasteiger partial charge in [-0.25, -0.2) is 4.98 Å². The monoisotopic (exact) mass is 368 g/mol. The Labute approximate surface area is 156 Å². The molecule has 1 aromatic heterocycles. The van der Waals surface area contributed by atoms with Crippen molar-refractivity contribution in [3.63, 3.8) is 0 Å². The summed E-state index contributed by atoms with van der Waals surface area (Å²) >= 11 is 1.56. The zero-order valence-electron chi connectivity index (χ0n) is 14.9. The number of fused-ring (bicyclic) bond motifs is 1. The smallest absolute Gasteiger partial charge is 0.231 e. The van der Waals surface area contributed by atoms with E-state index in [9.17, 15) is 0 Å². The van der Waals surface area contributed by atoms with Crippen molar-refractivity contribution in [1.29, 1.82) is 0 Å². The third kappa shape index (κ3) is 3.20. The molecule has 134 valence electrons. The Balaban J connectivity index is 1.61. The van der Waals surface area contributed by atoms with Crippen molar-refractivity contribution in [2.75, 3.05) is 19.2 Å². The number of hydrogen-bond donors (Lipinski definition) is 1. The molecule has 0 aliphatic carbocycles. The molecule has 0 unspecified atom stereocenters. The predicted octanol–water partition coefficient (Wildman–Crippen LogP) is 5.41. The quantitative estimate of drug-likeness (QED) is 0.652. The fourth-order valence-corrected chi connectivity index (χ4v) is 3.57. The number of benzene rings is 2. The zero-order chi connectivity index (χ0) is 18.1. The summed E-state index contributed by atoms with van der Waals surface area (Å²) in [5, 5.41) is 6.18. The fraction of sp³-hybridized carbons (Fsp3) is 0.250. The minimum atomic E-state index is 0.270. The number of nitrogens with zero attached hydrogens (tertiary/aromatic N) is 1. The van der Waals surface area contributed by atoms with E-state index < -0.39 is 0 Å². The maximum Gasteiger partial charge on any atom is 0.231 e. The van der Waals surface area contributed by atoms with Gasteiger partial charge in [-0.05, 0) is 35.7 Å². The topological polar surface area (TPSA) is 52.6 Å². The first kappa shape index (κ1) is 16.7. The van der Waals surface area contributed by atoms with E-state index in [-0.39, 0.29) is 6.79 Å². The predicted molar refractivity (Wildman–Crippen MR) is 104 cm³/mol. The maximum atomic E-state index is 5.53. The Morgan fingerprint density at radius 3 is 2.77 bits per heavy atom. The largest absolute Gasteiger partial charge is 0.496 e. The molecule has 3 aromatic rings. The lowest BCUT2D eigenvalue weighted by molar-refractivity contribution is 0.174. The molecular formula is C20H20N2O3S. The number of thiazole rings is 1. The SMILES string of the molecule is COc1ccc(C(C)C)cc1-c1csc(Nc2ccc3c(c2)OCO3)n1. The highest BCUT2D eigenvalue weighted by Gasteiger charge is 2.15. The van der Waals surface area contributed by atoms with Crippen LogP contribution in [0, 0.1) is 0 Å². The zero-order valence-corrected chi connectivity index (χ0v) is 15.7. The van der Waals surface area contributed by atoms with E-state index in [0.29, 0.717) is 5.92 Å². The van der Waals surface area contributed by atoms with Crippen LogP contribution in [-0.2, 0) is 0 Å². The molecule has 0 atom stereocenters. The fourth-order valence-electron chi connectivity index (χ4n) is 2.84. The lowest BCUT2D eigenvalue weighted by Crippen LogP contribution is -1.94. The molecule has 2 heterocycles. The van der Waals surface area contributed by atoms with Crippen molar-refractivity contribution < 1.29 is 14.2 Å². The van der Waals surface area contributed by atoms with Crippen LogP contribution < -0.4 is 19.5 Å². The summed E-state index contributed by atoms with van der Waals surface area (Å²) in [4.78, 5) is 4.73. The highest BCUT2D eigenvalue weighted by molar-refractivity contribution is 7.14. The van der Waals surface area contributed by atoms with Crippen LogP contribution in [-0.4, -0.2) is 18.9 Å². The summed E-state index contributed by atoms with van der Waals surface area (Å²) in [5.41, 5.74) is 4.09. The van der Waals surface area contributed by atoms with Crippen LogP contribution in [0.1, 0.15) is 25.3 Å². The molecule has 0 spiro atoms. The number of anilines is 2. The highest BCUT2D eigenvalue weighted by Crippen LogP contribution is 2.37. The summed E-state index contributed by atoms with van der Waals surface area (Å²) in [6, 6.07) is 12.0. The number of methoxy groups -OCH3 is 1. The van der Waals surface area contributed by atoms with Crippen molar-refractivity contribution >= 4 is 22.2 Å². The first-order chi connectivity index (χ1) is 12.6. The van der Waals surface area contributed by atoms with E-state index in [4.69, 9.17) is 19.2 Å². The van der Waals surface area contributed by atoms with Gasteiger partial charge in [0, 0.05) is 22.7 Å². The van der Waals surface area contributed by atoms with Crippen molar-refractivity contribution in [3.05, 3.63) is 47.3 Å². The van der Waals surface area contributed by atoms with Gasteiger partial charge in [0.1, 0.15) is 5.75 Å². The van der Waals surface area contributed by atoms with Gasteiger partial charge in [0.2, 0.25) is 6.79 Å². The van der Waals surface area contributed by atoms with E-state index in [0.717, 1.165) is 39.3 Å². The molecule has 0 saturated heterocycles. The summed E-state index contributed by atoms with van der Waals surface area (Å²) in [6.07, 6.45) is 0. The number of ether oxygens (including phenoxy) is 3. The number of nitrogens with one attached hydrogen (secondary N) is 1. The van der Waals surface area contributed by atoms with Gasteiger partial charge in [0.15, 0.2) is 16.6 Å². The van der Waals surface area contributed by atoms with E-state index in [2.05, 4.69) is 31.3 Å². The van der Waals surface area contributed by atoms with Crippen molar-refractivity contribution in [1.82, 2.24) is 4.98 Å². The van der Waals surface area contributed by atoms with Gasteiger partial charge in [-0.3, -0.25) is 0 Å². The van der Waals surface area contributed by atoms with Crippen molar-refractivity contribution in [3.8, 4) is 28.5 Å². The van der Waals surface area contributed by atoms with Crippen molar-refractivity contribution in [2.24, 2.45) is 0 Å². The molecule has 0 fully saturated rings. The molecule has 0 saturated carbocycles. The second kappa shape index (κ2) is 6.88. The lowest BCUT2D eigenvalue weighted by atomic mass is 9.99. The minimum absolute atomic E-state index is 0.270. The highest BCUT2D eigenvalue weighted by atomic mass is 32.1. The molecule has 6 heteroatoms.